The van der Waals surface area contributed by atoms with Crippen LogP contribution in [0.15, 0.2) is 22.7 Å². The number of benzene rings is 1. The molecule has 0 spiro atoms. The number of amides is 1. The summed E-state index contributed by atoms with van der Waals surface area (Å²) in [4.78, 5) is 12.0. The molecule has 4 nitrogen and oxygen atoms in total. The normalized spacial score (nSPS) is 12.1. The van der Waals surface area contributed by atoms with E-state index >= 15 is 0 Å². The molecular formula is C13H17BrN2O2S. The lowest BCUT2D eigenvalue weighted by Crippen LogP contribution is -2.40. The van der Waals surface area contributed by atoms with Gasteiger partial charge >= 0.3 is 0 Å². The lowest BCUT2D eigenvalue weighted by Gasteiger charge is -2.18. The van der Waals surface area contributed by atoms with Crippen molar-refractivity contribution in [3.05, 3.63) is 28.2 Å². The van der Waals surface area contributed by atoms with Crippen LogP contribution in [0.4, 0.5) is 0 Å². The highest BCUT2D eigenvalue weighted by molar-refractivity contribution is 9.10. The summed E-state index contributed by atoms with van der Waals surface area (Å²) in [6, 6.07) is 5.38. The summed E-state index contributed by atoms with van der Waals surface area (Å²) < 4.78 is 6.47. The zero-order valence-corrected chi connectivity index (χ0v) is 13.5. The minimum absolute atomic E-state index is 0.0681. The van der Waals surface area contributed by atoms with Crippen LogP contribution >= 0.6 is 28.1 Å². The van der Waals surface area contributed by atoms with Crippen LogP contribution in [0, 0.1) is 0 Å². The molecule has 0 fully saturated rings. The molecule has 0 heterocycles. The first kappa shape index (κ1) is 15.9. The van der Waals surface area contributed by atoms with Gasteiger partial charge in [-0.1, -0.05) is 28.1 Å². The summed E-state index contributed by atoms with van der Waals surface area (Å²) >= 11 is 8.32. The van der Waals surface area contributed by atoms with Crippen LogP contribution in [0.3, 0.4) is 0 Å². The molecule has 1 atom stereocenters. The molecule has 1 aromatic carbocycles. The van der Waals surface area contributed by atoms with Crippen LogP contribution in [0.2, 0.25) is 0 Å². The molecule has 1 aromatic rings. The summed E-state index contributed by atoms with van der Waals surface area (Å²) in [6.07, 6.45) is -0.614. The summed E-state index contributed by atoms with van der Waals surface area (Å²) in [5.41, 5.74) is 6.25. The maximum Gasteiger partial charge on any atom is 0.260 e. The Morgan fingerprint density at radius 3 is 2.58 bits per heavy atom. The fourth-order valence-corrected chi connectivity index (χ4v) is 1.96. The summed E-state index contributed by atoms with van der Waals surface area (Å²) in [6.45, 7) is 5.47. The van der Waals surface area contributed by atoms with Gasteiger partial charge in [0.25, 0.3) is 5.91 Å². The van der Waals surface area contributed by atoms with Crippen molar-refractivity contribution in [1.29, 1.82) is 0 Å². The Kier molecular flexibility index (Phi) is 5.75. The first-order valence-electron chi connectivity index (χ1n) is 5.87. The average Bonchev–Trinajstić information content (AvgIpc) is 2.30. The third-order valence-corrected chi connectivity index (χ3v) is 3.02. The van der Waals surface area contributed by atoms with Gasteiger partial charge in [0.05, 0.1) is 5.56 Å². The lowest BCUT2D eigenvalue weighted by atomic mass is 10.2. The molecule has 0 aliphatic carbocycles. The Hall–Kier alpha value is -1.14. The van der Waals surface area contributed by atoms with Gasteiger partial charge in [0.2, 0.25) is 0 Å². The lowest BCUT2D eigenvalue weighted by molar-refractivity contribution is -0.127. The SMILES string of the molecule is CC(C)NC(=O)C(C)Oc1ccc(Br)cc1C(N)=S. The smallest absolute Gasteiger partial charge is 0.260 e. The van der Waals surface area contributed by atoms with Gasteiger partial charge in [-0.05, 0) is 39.0 Å². The summed E-state index contributed by atoms with van der Waals surface area (Å²) in [7, 11) is 0. The van der Waals surface area contributed by atoms with E-state index in [1.807, 2.05) is 19.9 Å². The van der Waals surface area contributed by atoms with Gasteiger partial charge in [-0.3, -0.25) is 4.79 Å². The molecule has 104 valence electrons. The maximum absolute atomic E-state index is 11.8. The zero-order valence-electron chi connectivity index (χ0n) is 11.1. The van der Waals surface area contributed by atoms with Gasteiger partial charge < -0.3 is 15.8 Å². The monoisotopic (exact) mass is 344 g/mol. The Bertz CT molecular complexity index is 492. The van der Waals surface area contributed by atoms with Gasteiger partial charge in [0, 0.05) is 10.5 Å². The first-order valence-corrected chi connectivity index (χ1v) is 7.07. The molecule has 1 rings (SSSR count). The van der Waals surface area contributed by atoms with Crippen molar-refractivity contribution in [2.75, 3.05) is 0 Å². The van der Waals surface area contributed by atoms with Crippen molar-refractivity contribution < 1.29 is 9.53 Å². The third kappa shape index (κ3) is 4.80. The number of nitrogens with one attached hydrogen (secondary N) is 1. The van der Waals surface area contributed by atoms with Crippen LogP contribution in [0.5, 0.6) is 5.75 Å². The molecule has 0 aliphatic heterocycles. The highest BCUT2D eigenvalue weighted by atomic mass is 79.9. The minimum Gasteiger partial charge on any atom is -0.480 e. The van der Waals surface area contributed by atoms with E-state index in [1.165, 1.54) is 0 Å². The fourth-order valence-electron chi connectivity index (χ4n) is 1.44. The Labute approximate surface area is 126 Å². The van der Waals surface area contributed by atoms with Crippen molar-refractivity contribution in [3.63, 3.8) is 0 Å². The molecule has 0 bridgehead atoms. The van der Waals surface area contributed by atoms with Crippen LogP contribution < -0.4 is 15.8 Å². The van der Waals surface area contributed by atoms with Crippen LogP contribution in [-0.2, 0) is 4.79 Å². The Morgan fingerprint density at radius 2 is 2.05 bits per heavy atom. The molecule has 3 N–H and O–H groups in total. The molecule has 0 saturated heterocycles. The molecule has 1 amide bonds. The zero-order chi connectivity index (χ0) is 14.6. The van der Waals surface area contributed by atoms with Crippen molar-refractivity contribution in [2.45, 2.75) is 32.9 Å². The number of rotatable bonds is 5. The second-order valence-electron chi connectivity index (χ2n) is 4.43. The molecule has 19 heavy (non-hydrogen) atoms. The second kappa shape index (κ2) is 6.86. The van der Waals surface area contributed by atoms with Gasteiger partial charge in [-0.2, -0.15) is 0 Å². The van der Waals surface area contributed by atoms with Crippen molar-refractivity contribution in [3.8, 4) is 5.75 Å². The van der Waals surface area contributed by atoms with E-state index in [1.54, 1.807) is 19.1 Å². The quantitative estimate of drug-likeness (QED) is 0.805. The number of nitrogens with two attached hydrogens (primary N) is 1. The van der Waals surface area contributed by atoms with E-state index < -0.39 is 6.10 Å². The number of hydrogen-bond donors (Lipinski definition) is 2. The van der Waals surface area contributed by atoms with Gasteiger partial charge in [0.15, 0.2) is 6.10 Å². The highest BCUT2D eigenvalue weighted by Gasteiger charge is 2.17. The molecule has 0 aliphatic rings. The van der Waals surface area contributed by atoms with Crippen LogP contribution in [0.25, 0.3) is 0 Å². The summed E-state index contributed by atoms with van der Waals surface area (Å²) in [5.74, 6) is 0.328. The molecule has 0 aromatic heterocycles. The van der Waals surface area contributed by atoms with Gasteiger partial charge in [-0.15, -0.1) is 0 Å². The van der Waals surface area contributed by atoms with E-state index in [4.69, 9.17) is 22.7 Å². The molecule has 1 unspecified atom stereocenters. The van der Waals surface area contributed by atoms with Crippen molar-refractivity contribution >= 4 is 39.0 Å². The number of carbonyl (C=O) groups is 1. The van der Waals surface area contributed by atoms with Crippen LogP contribution in [0.1, 0.15) is 26.3 Å². The molecule has 6 heteroatoms. The Balaban J connectivity index is 2.87. The van der Waals surface area contributed by atoms with E-state index in [9.17, 15) is 4.79 Å². The first-order chi connectivity index (χ1) is 8.81. The molecule has 0 radical (unpaired) electrons. The highest BCUT2D eigenvalue weighted by Crippen LogP contribution is 2.24. The summed E-state index contributed by atoms with van der Waals surface area (Å²) in [5, 5.41) is 2.79. The number of thiocarbonyl (C=S) groups is 1. The Morgan fingerprint density at radius 1 is 1.42 bits per heavy atom. The number of carbonyl (C=O) groups excluding carboxylic acids is 1. The second-order valence-corrected chi connectivity index (χ2v) is 5.78. The third-order valence-electron chi connectivity index (χ3n) is 2.31. The standard InChI is InChI=1S/C13H17BrN2O2S/c1-7(2)16-13(17)8(3)18-11-5-4-9(14)6-10(11)12(15)19/h4-8H,1-3H3,(H2,15,19)(H,16,17). The minimum atomic E-state index is -0.614. The topological polar surface area (TPSA) is 64.3 Å². The average molecular weight is 345 g/mol. The molecule has 0 saturated carbocycles. The van der Waals surface area contributed by atoms with E-state index in [0.717, 1.165) is 4.47 Å². The van der Waals surface area contributed by atoms with E-state index in [2.05, 4.69) is 21.2 Å². The van der Waals surface area contributed by atoms with Gasteiger partial charge in [0.1, 0.15) is 10.7 Å². The largest absolute Gasteiger partial charge is 0.480 e. The predicted molar refractivity (Wildman–Crippen MR) is 83.4 cm³/mol. The van der Waals surface area contributed by atoms with E-state index in [-0.39, 0.29) is 16.9 Å². The van der Waals surface area contributed by atoms with Gasteiger partial charge in [-0.25, -0.2) is 0 Å². The van der Waals surface area contributed by atoms with E-state index in [0.29, 0.717) is 11.3 Å². The number of halogens is 1. The predicted octanol–water partition coefficient (Wildman–Crippen LogP) is 2.38. The molecular weight excluding hydrogens is 328 g/mol. The number of hydrogen-bond acceptors (Lipinski definition) is 3. The number of ether oxygens (including phenoxy) is 1. The fraction of sp³-hybridized carbons (Fsp3) is 0.385. The van der Waals surface area contributed by atoms with Crippen molar-refractivity contribution in [2.24, 2.45) is 5.73 Å². The van der Waals surface area contributed by atoms with Crippen molar-refractivity contribution in [1.82, 2.24) is 5.32 Å². The maximum atomic E-state index is 11.8. The van der Waals surface area contributed by atoms with Crippen LogP contribution in [-0.4, -0.2) is 23.0 Å².